The van der Waals surface area contributed by atoms with Gasteiger partial charge in [-0.1, -0.05) is 27.5 Å². The largest absolute Gasteiger partial charge is 0.481 e. The number of carbonyl (C=O) groups is 2. The number of benzene rings is 3. The third-order valence-electron chi connectivity index (χ3n) is 4.36. The van der Waals surface area contributed by atoms with E-state index in [2.05, 4.69) is 26.5 Å². The molecule has 1 amide bonds. The van der Waals surface area contributed by atoms with Crippen molar-refractivity contribution >= 4 is 51.3 Å². The van der Waals surface area contributed by atoms with Gasteiger partial charge in [0.1, 0.15) is 11.5 Å². The Morgan fingerprint density at radius 1 is 1.12 bits per heavy atom. The minimum atomic E-state index is -0.927. The molecule has 0 aliphatic heterocycles. The molecular weight excluding hydrogens is 530 g/mol. The van der Waals surface area contributed by atoms with Gasteiger partial charge in [0.2, 0.25) is 0 Å². The Balaban J connectivity index is 1.63. The van der Waals surface area contributed by atoms with Crippen LogP contribution in [0.2, 0.25) is 5.02 Å². The summed E-state index contributed by atoms with van der Waals surface area (Å²) >= 11 is 9.19. The molecule has 0 spiro atoms. The lowest BCUT2D eigenvalue weighted by Gasteiger charge is -2.12. The predicted octanol–water partition coefficient (Wildman–Crippen LogP) is 5.15. The maximum atomic E-state index is 12.4. The van der Waals surface area contributed by atoms with Gasteiger partial charge in [0.15, 0.2) is 6.10 Å². The molecule has 0 heterocycles. The molecule has 0 aromatic heterocycles. The molecule has 1 N–H and O–H groups in total. The van der Waals surface area contributed by atoms with E-state index in [1.54, 1.807) is 42.5 Å². The fourth-order valence-electron chi connectivity index (χ4n) is 2.62. The number of non-ortho nitro benzene ring substituents is 1. The van der Waals surface area contributed by atoms with Gasteiger partial charge < -0.3 is 9.47 Å². The predicted molar refractivity (Wildman–Crippen MR) is 129 cm³/mol. The summed E-state index contributed by atoms with van der Waals surface area (Å²) in [5.41, 5.74) is 3.01. The van der Waals surface area contributed by atoms with Crippen LogP contribution >= 0.6 is 27.5 Å². The molecule has 9 nitrogen and oxygen atoms in total. The van der Waals surface area contributed by atoms with Gasteiger partial charge in [0.25, 0.3) is 11.6 Å². The Hall–Kier alpha value is -3.76. The Kier molecular flexibility index (Phi) is 8.34. The summed E-state index contributed by atoms with van der Waals surface area (Å²) in [5, 5.41) is 15.1. The van der Waals surface area contributed by atoms with Crippen molar-refractivity contribution in [3.05, 3.63) is 97.5 Å². The summed E-state index contributed by atoms with van der Waals surface area (Å²) in [4.78, 5) is 34.9. The standard InChI is InChI=1S/C23H17BrClN3O6/c1-14(33-20-9-7-19(8-10-20)28(31)32)22(29)27-26-13-16-12-17(24)4-11-21(16)34-23(30)15-2-5-18(25)6-3-15/h2-14H,1H3,(H,27,29)/b26-13+. The van der Waals surface area contributed by atoms with Gasteiger partial charge >= 0.3 is 5.97 Å². The van der Waals surface area contributed by atoms with Crippen LogP contribution in [0.3, 0.4) is 0 Å². The number of hydrogen-bond donors (Lipinski definition) is 1. The molecule has 1 unspecified atom stereocenters. The zero-order valence-corrected chi connectivity index (χ0v) is 19.9. The molecular formula is C23H17BrClN3O6. The lowest BCUT2D eigenvalue weighted by atomic mass is 10.2. The van der Waals surface area contributed by atoms with Crippen LogP contribution in [0.5, 0.6) is 11.5 Å². The topological polar surface area (TPSA) is 120 Å². The van der Waals surface area contributed by atoms with E-state index in [1.807, 2.05) is 0 Å². The van der Waals surface area contributed by atoms with Crippen LogP contribution in [0.4, 0.5) is 5.69 Å². The molecule has 0 saturated heterocycles. The molecule has 11 heteroatoms. The first kappa shape index (κ1) is 24.9. The molecule has 174 valence electrons. The maximum absolute atomic E-state index is 12.4. The number of nitro benzene ring substituents is 1. The Morgan fingerprint density at radius 2 is 1.79 bits per heavy atom. The first-order valence-electron chi connectivity index (χ1n) is 9.74. The minimum absolute atomic E-state index is 0.0874. The first-order valence-corrected chi connectivity index (χ1v) is 10.9. The van der Waals surface area contributed by atoms with Crippen LogP contribution in [0.15, 0.2) is 76.3 Å². The molecule has 3 rings (SSSR count). The average molecular weight is 547 g/mol. The highest BCUT2D eigenvalue weighted by Gasteiger charge is 2.15. The van der Waals surface area contributed by atoms with Crippen molar-refractivity contribution in [2.45, 2.75) is 13.0 Å². The second kappa shape index (κ2) is 11.4. The van der Waals surface area contributed by atoms with E-state index in [4.69, 9.17) is 21.1 Å². The molecule has 0 aliphatic carbocycles. The van der Waals surface area contributed by atoms with Gasteiger partial charge in [-0.2, -0.15) is 5.10 Å². The zero-order chi connectivity index (χ0) is 24.7. The van der Waals surface area contributed by atoms with Crippen LogP contribution < -0.4 is 14.9 Å². The van der Waals surface area contributed by atoms with Crippen molar-refractivity contribution in [1.29, 1.82) is 0 Å². The molecule has 0 fully saturated rings. The molecule has 0 radical (unpaired) electrons. The Bertz CT molecular complexity index is 1230. The van der Waals surface area contributed by atoms with Crippen LogP contribution in [0.25, 0.3) is 0 Å². The van der Waals surface area contributed by atoms with Gasteiger partial charge in [-0.3, -0.25) is 14.9 Å². The van der Waals surface area contributed by atoms with Gasteiger partial charge in [-0.05, 0) is 61.5 Å². The summed E-state index contributed by atoms with van der Waals surface area (Å²) in [7, 11) is 0. The van der Waals surface area contributed by atoms with Crippen molar-refractivity contribution in [2.75, 3.05) is 0 Å². The third kappa shape index (κ3) is 6.87. The number of hydrogen-bond acceptors (Lipinski definition) is 7. The number of ether oxygens (including phenoxy) is 2. The molecule has 34 heavy (non-hydrogen) atoms. The summed E-state index contributed by atoms with van der Waals surface area (Å²) in [6, 6.07) is 16.5. The van der Waals surface area contributed by atoms with Crippen LogP contribution in [-0.2, 0) is 4.79 Å². The number of nitrogens with one attached hydrogen (secondary N) is 1. The highest BCUT2D eigenvalue weighted by molar-refractivity contribution is 9.10. The zero-order valence-electron chi connectivity index (χ0n) is 17.6. The fourth-order valence-corrected chi connectivity index (χ4v) is 3.12. The summed E-state index contributed by atoms with van der Waals surface area (Å²) < 4.78 is 11.6. The Morgan fingerprint density at radius 3 is 2.44 bits per heavy atom. The normalized spacial score (nSPS) is 11.6. The molecule has 0 saturated carbocycles. The van der Waals surface area contributed by atoms with E-state index < -0.39 is 22.9 Å². The highest BCUT2D eigenvalue weighted by atomic mass is 79.9. The lowest BCUT2D eigenvalue weighted by molar-refractivity contribution is -0.384. The second-order valence-electron chi connectivity index (χ2n) is 6.82. The number of halogens is 2. The van der Waals surface area contributed by atoms with Crippen LogP contribution in [0.1, 0.15) is 22.8 Å². The summed E-state index contributed by atoms with van der Waals surface area (Å²) in [6.07, 6.45) is 0.398. The number of nitro groups is 1. The van der Waals surface area contributed by atoms with E-state index in [-0.39, 0.29) is 11.4 Å². The van der Waals surface area contributed by atoms with E-state index >= 15 is 0 Å². The van der Waals surface area contributed by atoms with Crippen molar-refractivity contribution < 1.29 is 24.0 Å². The molecule has 0 bridgehead atoms. The van der Waals surface area contributed by atoms with E-state index in [0.29, 0.717) is 26.4 Å². The van der Waals surface area contributed by atoms with Crippen molar-refractivity contribution in [2.24, 2.45) is 5.10 Å². The number of nitrogens with zero attached hydrogens (tertiary/aromatic N) is 2. The van der Waals surface area contributed by atoms with E-state index in [1.165, 1.54) is 37.4 Å². The third-order valence-corrected chi connectivity index (χ3v) is 5.11. The second-order valence-corrected chi connectivity index (χ2v) is 8.18. The average Bonchev–Trinajstić information content (AvgIpc) is 2.81. The van der Waals surface area contributed by atoms with Gasteiger partial charge in [-0.25, -0.2) is 10.2 Å². The smallest absolute Gasteiger partial charge is 0.343 e. The SMILES string of the molecule is CC(Oc1ccc([N+](=O)[O-])cc1)C(=O)N/N=C/c1cc(Br)ccc1OC(=O)c1ccc(Cl)cc1. The van der Waals surface area contributed by atoms with Crippen molar-refractivity contribution in [3.8, 4) is 11.5 Å². The molecule has 1 atom stereocenters. The van der Waals surface area contributed by atoms with Crippen LogP contribution in [-0.4, -0.2) is 29.1 Å². The molecule has 3 aromatic rings. The minimum Gasteiger partial charge on any atom is -0.481 e. The van der Waals surface area contributed by atoms with E-state index in [0.717, 1.165) is 0 Å². The van der Waals surface area contributed by atoms with Crippen molar-refractivity contribution in [1.82, 2.24) is 5.43 Å². The highest BCUT2D eigenvalue weighted by Crippen LogP contribution is 2.23. The van der Waals surface area contributed by atoms with Gasteiger partial charge in [0.05, 0.1) is 16.7 Å². The van der Waals surface area contributed by atoms with Crippen molar-refractivity contribution in [3.63, 3.8) is 0 Å². The Labute approximate surface area is 207 Å². The molecule has 0 aliphatic rings. The number of esters is 1. The van der Waals surface area contributed by atoms with Gasteiger partial charge in [0, 0.05) is 27.2 Å². The van der Waals surface area contributed by atoms with Gasteiger partial charge in [-0.15, -0.1) is 0 Å². The summed E-state index contributed by atoms with van der Waals surface area (Å²) in [6.45, 7) is 1.50. The summed E-state index contributed by atoms with van der Waals surface area (Å²) in [5.74, 6) is -0.607. The molecule has 3 aromatic carbocycles. The quantitative estimate of drug-likeness (QED) is 0.137. The number of rotatable bonds is 8. The number of amides is 1. The van der Waals surface area contributed by atoms with E-state index in [9.17, 15) is 19.7 Å². The monoisotopic (exact) mass is 545 g/mol. The number of carbonyl (C=O) groups excluding carboxylic acids is 2. The first-order chi connectivity index (χ1) is 16.2. The lowest BCUT2D eigenvalue weighted by Crippen LogP contribution is -2.33. The fraction of sp³-hybridized carbons (Fsp3) is 0.0870. The maximum Gasteiger partial charge on any atom is 0.343 e. The van der Waals surface area contributed by atoms with Crippen LogP contribution in [0, 0.1) is 10.1 Å². The number of hydrazone groups is 1.